The fourth-order valence-corrected chi connectivity index (χ4v) is 2.57. The summed E-state index contributed by atoms with van der Waals surface area (Å²) in [5, 5.41) is 2.63. The van der Waals surface area contributed by atoms with E-state index < -0.39 is 24.3 Å². The van der Waals surface area contributed by atoms with Crippen LogP contribution in [0.1, 0.15) is 11.1 Å². The average molecular weight is 393 g/mol. The molecule has 0 aliphatic carbocycles. The second kappa shape index (κ2) is 10.0. The van der Waals surface area contributed by atoms with Crippen LogP contribution < -0.4 is 10.1 Å². The minimum Gasteiger partial charge on any atom is -0.489 e. The van der Waals surface area contributed by atoms with E-state index >= 15 is 0 Å². The van der Waals surface area contributed by atoms with Gasteiger partial charge < -0.3 is 14.8 Å². The number of nitrogens with one attached hydrogen (secondary N) is 1. The van der Waals surface area contributed by atoms with Gasteiger partial charge in [0, 0.05) is 5.69 Å². The highest BCUT2D eigenvalue weighted by Gasteiger charge is 2.11. The van der Waals surface area contributed by atoms with Crippen LogP contribution in [0.3, 0.4) is 0 Å². The molecule has 3 rings (SSSR count). The molecule has 0 saturated carbocycles. The summed E-state index contributed by atoms with van der Waals surface area (Å²) in [7, 11) is 0. The molecule has 0 saturated heterocycles. The molecule has 0 aromatic heterocycles. The van der Waals surface area contributed by atoms with Crippen LogP contribution in [0.4, 0.5) is 10.1 Å². The Morgan fingerprint density at radius 2 is 1.55 bits per heavy atom. The Morgan fingerprint density at radius 3 is 2.28 bits per heavy atom. The molecule has 3 aromatic rings. The Hall–Kier alpha value is -3.67. The Bertz CT molecular complexity index is 958. The summed E-state index contributed by atoms with van der Waals surface area (Å²) in [5.74, 6) is -0.966. The summed E-state index contributed by atoms with van der Waals surface area (Å²) in [6.07, 6.45) is -0.229. The molecule has 29 heavy (non-hydrogen) atoms. The maximum absolute atomic E-state index is 13.5. The number of hydrogen-bond acceptors (Lipinski definition) is 4. The van der Waals surface area contributed by atoms with E-state index in [0.29, 0.717) is 18.0 Å². The first-order valence-electron chi connectivity index (χ1n) is 9.06. The van der Waals surface area contributed by atoms with Crippen molar-refractivity contribution in [2.45, 2.75) is 13.0 Å². The number of hydrogen-bond donors (Lipinski definition) is 1. The summed E-state index contributed by atoms with van der Waals surface area (Å²) in [5.41, 5.74) is 1.83. The highest BCUT2D eigenvalue weighted by atomic mass is 19.1. The lowest BCUT2D eigenvalue weighted by Crippen LogP contribution is -2.21. The number of halogens is 1. The monoisotopic (exact) mass is 393 g/mol. The summed E-state index contributed by atoms with van der Waals surface area (Å²) < 4.78 is 24.1. The first-order chi connectivity index (χ1) is 14.1. The normalized spacial score (nSPS) is 10.2. The fourth-order valence-electron chi connectivity index (χ4n) is 2.57. The zero-order chi connectivity index (χ0) is 20.5. The van der Waals surface area contributed by atoms with E-state index in [1.165, 1.54) is 18.2 Å². The fraction of sp³-hybridized carbons (Fsp3) is 0.130. The van der Waals surface area contributed by atoms with Crippen molar-refractivity contribution in [1.82, 2.24) is 0 Å². The number of carbonyl (C=O) groups is 2. The van der Waals surface area contributed by atoms with Crippen LogP contribution in [0.2, 0.25) is 0 Å². The molecule has 5 nitrogen and oxygen atoms in total. The van der Waals surface area contributed by atoms with Crippen LogP contribution in [0, 0.1) is 5.82 Å². The number of anilines is 1. The summed E-state index contributed by atoms with van der Waals surface area (Å²) >= 11 is 0. The van der Waals surface area contributed by atoms with Gasteiger partial charge in [-0.2, -0.15) is 0 Å². The molecule has 0 bridgehead atoms. The number of rotatable bonds is 8. The molecule has 1 amide bonds. The second-order valence-electron chi connectivity index (χ2n) is 6.28. The maximum Gasteiger partial charge on any atom is 0.310 e. The lowest BCUT2D eigenvalue weighted by Gasteiger charge is -2.09. The number of carbonyl (C=O) groups excluding carboxylic acids is 2. The quantitative estimate of drug-likeness (QED) is 0.585. The third-order valence-corrected chi connectivity index (χ3v) is 4.04. The van der Waals surface area contributed by atoms with Gasteiger partial charge in [-0.15, -0.1) is 0 Å². The van der Waals surface area contributed by atoms with Crippen molar-refractivity contribution < 1.29 is 23.5 Å². The van der Waals surface area contributed by atoms with E-state index in [0.717, 1.165) is 5.56 Å². The molecule has 0 spiro atoms. The molecule has 0 fully saturated rings. The molecule has 148 valence electrons. The van der Waals surface area contributed by atoms with Crippen molar-refractivity contribution in [2.24, 2.45) is 0 Å². The van der Waals surface area contributed by atoms with E-state index in [2.05, 4.69) is 5.32 Å². The topological polar surface area (TPSA) is 64.6 Å². The van der Waals surface area contributed by atoms with Crippen molar-refractivity contribution >= 4 is 17.6 Å². The van der Waals surface area contributed by atoms with Gasteiger partial charge in [-0.05, 0) is 41.5 Å². The summed E-state index contributed by atoms with van der Waals surface area (Å²) in [6, 6.07) is 22.6. The number of esters is 1. The number of benzene rings is 3. The van der Waals surface area contributed by atoms with Crippen LogP contribution in [0.25, 0.3) is 0 Å². The third kappa shape index (κ3) is 6.46. The molecule has 0 heterocycles. The van der Waals surface area contributed by atoms with E-state index in [9.17, 15) is 14.0 Å². The van der Waals surface area contributed by atoms with Gasteiger partial charge >= 0.3 is 5.97 Å². The lowest BCUT2D eigenvalue weighted by molar-refractivity contribution is -0.146. The van der Waals surface area contributed by atoms with E-state index in [4.69, 9.17) is 9.47 Å². The molecule has 1 N–H and O–H groups in total. The van der Waals surface area contributed by atoms with Gasteiger partial charge in [0.2, 0.25) is 0 Å². The van der Waals surface area contributed by atoms with Crippen molar-refractivity contribution in [3.63, 3.8) is 0 Å². The molecule has 0 aliphatic heterocycles. The zero-order valence-electron chi connectivity index (χ0n) is 15.6. The molecule has 6 heteroatoms. The predicted molar refractivity (Wildman–Crippen MR) is 107 cm³/mol. The highest BCUT2D eigenvalue weighted by molar-refractivity contribution is 5.92. The van der Waals surface area contributed by atoms with Crippen molar-refractivity contribution in [2.75, 3.05) is 11.9 Å². The third-order valence-electron chi connectivity index (χ3n) is 4.04. The summed E-state index contributed by atoms with van der Waals surface area (Å²) in [4.78, 5) is 23.7. The van der Waals surface area contributed by atoms with Gasteiger partial charge in [0.15, 0.2) is 6.61 Å². The molecule has 3 aromatic carbocycles. The van der Waals surface area contributed by atoms with Crippen LogP contribution in [-0.2, 0) is 27.4 Å². The Labute approximate surface area is 168 Å². The molecule has 0 unspecified atom stereocenters. The molecular formula is C23H20FNO4. The smallest absolute Gasteiger partial charge is 0.310 e. The van der Waals surface area contributed by atoms with Gasteiger partial charge in [-0.3, -0.25) is 9.59 Å². The summed E-state index contributed by atoms with van der Waals surface area (Å²) in [6.45, 7) is 0.00402. The van der Waals surface area contributed by atoms with Gasteiger partial charge in [-0.1, -0.05) is 48.5 Å². The standard InChI is InChI=1S/C23H20FNO4/c24-21-9-5-4-8-18(21)14-23(27)29-16-22(26)25-19-10-12-20(13-11-19)28-15-17-6-2-1-3-7-17/h1-13H,14-16H2,(H,25,26). The van der Waals surface area contributed by atoms with E-state index in [1.807, 2.05) is 30.3 Å². The van der Waals surface area contributed by atoms with Crippen molar-refractivity contribution in [3.8, 4) is 5.75 Å². The molecule has 0 radical (unpaired) electrons. The first kappa shape index (κ1) is 20.1. The first-order valence-corrected chi connectivity index (χ1v) is 9.06. The molecule has 0 aliphatic rings. The van der Waals surface area contributed by atoms with E-state index in [1.54, 1.807) is 30.3 Å². The van der Waals surface area contributed by atoms with Crippen LogP contribution in [0.5, 0.6) is 5.75 Å². The minimum atomic E-state index is -0.671. The van der Waals surface area contributed by atoms with Gasteiger partial charge in [0.25, 0.3) is 5.91 Å². The Kier molecular flexibility index (Phi) is 6.95. The van der Waals surface area contributed by atoms with Gasteiger partial charge in [0.1, 0.15) is 18.2 Å². The van der Waals surface area contributed by atoms with Gasteiger partial charge in [0.05, 0.1) is 6.42 Å². The Balaban J connectivity index is 1.42. The van der Waals surface area contributed by atoms with Crippen LogP contribution in [-0.4, -0.2) is 18.5 Å². The number of ether oxygens (including phenoxy) is 2. The van der Waals surface area contributed by atoms with Gasteiger partial charge in [-0.25, -0.2) is 4.39 Å². The lowest BCUT2D eigenvalue weighted by atomic mass is 10.1. The SMILES string of the molecule is O=C(COC(=O)Cc1ccccc1F)Nc1ccc(OCc2ccccc2)cc1. The Morgan fingerprint density at radius 1 is 0.862 bits per heavy atom. The second-order valence-corrected chi connectivity index (χ2v) is 6.28. The predicted octanol–water partition coefficient (Wildman–Crippen LogP) is 4.13. The van der Waals surface area contributed by atoms with Crippen LogP contribution in [0.15, 0.2) is 78.9 Å². The molecular weight excluding hydrogens is 373 g/mol. The maximum atomic E-state index is 13.5. The largest absolute Gasteiger partial charge is 0.489 e. The van der Waals surface area contributed by atoms with Crippen molar-refractivity contribution in [1.29, 1.82) is 0 Å². The average Bonchev–Trinajstić information content (AvgIpc) is 2.74. The van der Waals surface area contributed by atoms with Crippen LogP contribution >= 0.6 is 0 Å². The van der Waals surface area contributed by atoms with Crippen molar-refractivity contribution in [3.05, 3.63) is 95.8 Å². The van der Waals surface area contributed by atoms with E-state index in [-0.39, 0.29) is 12.0 Å². The minimum absolute atomic E-state index is 0.226. The molecule has 0 atom stereocenters. The number of amides is 1. The highest BCUT2D eigenvalue weighted by Crippen LogP contribution is 2.17. The zero-order valence-corrected chi connectivity index (χ0v) is 15.6.